The Hall–Kier alpha value is -6.04. The third-order valence-corrected chi connectivity index (χ3v) is 11.2. The number of carbonyl (C=O) groups is 1. The lowest BCUT2D eigenvalue weighted by Gasteiger charge is -2.26. The molecule has 0 bridgehead atoms. The number of hydrogen-bond acceptors (Lipinski definition) is 9. The number of nitrogens with zero attached hydrogens (tertiary/aromatic N) is 5. The number of rotatable bonds is 13. The molecule has 1 aliphatic heterocycles. The van der Waals surface area contributed by atoms with Gasteiger partial charge >= 0.3 is 6.03 Å². The second-order valence-corrected chi connectivity index (χ2v) is 19.8. The Morgan fingerprint density at radius 1 is 0.946 bits per heavy atom. The van der Waals surface area contributed by atoms with E-state index < -0.39 is 8.07 Å². The van der Waals surface area contributed by atoms with E-state index in [-0.39, 0.29) is 6.03 Å². The minimum absolute atomic E-state index is 0.354. The van der Waals surface area contributed by atoms with Crippen LogP contribution in [0.15, 0.2) is 97.2 Å². The zero-order chi connectivity index (χ0) is 39.1. The van der Waals surface area contributed by atoms with Crippen LogP contribution >= 0.6 is 0 Å². The van der Waals surface area contributed by atoms with E-state index in [0.29, 0.717) is 35.6 Å². The summed E-state index contributed by atoms with van der Waals surface area (Å²) in [6.45, 7) is 14.8. The van der Waals surface area contributed by atoms with Gasteiger partial charge in [0.25, 0.3) is 0 Å². The molecule has 1 fully saturated rings. The van der Waals surface area contributed by atoms with Gasteiger partial charge in [-0.25, -0.2) is 14.5 Å². The second kappa shape index (κ2) is 17.2. The molecule has 2 aromatic heterocycles. The highest BCUT2D eigenvalue weighted by Crippen LogP contribution is 2.34. The van der Waals surface area contributed by atoms with Crippen molar-refractivity contribution in [1.29, 1.82) is 0 Å². The maximum atomic E-state index is 13.5. The van der Waals surface area contributed by atoms with Gasteiger partial charge in [0.05, 0.1) is 24.6 Å². The zero-order valence-electron chi connectivity index (χ0n) is 32.2. The first-order valence-electron chi connectivity index (χ1n) is 18.8. The highest BCUT2D eigenvalue weighted by molar-refractivity contribution is 6.88. The maximum Gasteiger partial charge on any atom is 0.324 e. The van der Waals surface area contributed by atoms with Crippen molar-refractivity contribution in [2.75, 3.05) is 55.3 Å². The molecule has 0 unspecified atom stereocenters. The van der Waals surface area contributed by atoms with Gasteiger partial charge < -0.3 is 25.4 Å². The van der Waals surface area contributed by atoms with Gasteiger partial charge in [0, 0.05) is 72.3 Å². The predicted molar refractivity (Wildman–Crippen MR) is 227 cm³/mol. The van der Waals surface area contributed by atoms with Crippen molar-refractivity contribution in [3.8, 4) is 29.7 Å². The lowest BCUT2D eigenvalue weighted by molar-refractivity contribution is 0.0384. The smallest absolute Gasteiger partial charge is 0.324 e. The van der Waals surface area contributed by atoms with Gasteiger partial charge in [0.15, 0.2) is 0 Å². The van der Waals surface area contributed by atoms with E-state index in [1.807, 2.05) is 91.9 Å². The number of amides is 2. The van der Waals surface area contributed by atoms with Gasteiger partial charge in [-0.2, -0.15) is 10.1 Å². The number of terminal acetylenes is 1. The maximum absolute atomic E-state index is 13.5. The molecule has 0 radical (unpaired) electrons. The van der Waals surface area contributed by atoms with Crippen LogP contribution in [0.4, 0.5) is 27.9 Å². The summed E-state index contributed by atoms with van der Waals surface area (Å²) in [6, 6.07) is 28.7. The molecule has 6 aromatic rings. The van der Waals surface area contributed by atoms with E-state index in [4.69, 9.17) is 21.0 Å². The summed E-state index contributed by atoms with van der Waals surface area (Å²) >= 11 is 0. The minimum atomic E-state index is -1.77. The first-order chi connectivity index (χ1) is 27.1. The van der Waals surface area contributed by atoms with Gasteiger partial charge in [0.1, 0.15) is 19.6 Å². The van der Waals surface area contributed by atoms with Crippen LogP contribution in [-0.4, -0.2) is 78.1 Å². The molecule has 13 heteroatoms. The van der Waals surface area contributed by atoms with E-state index in [1.54, 1.807) is 16.9 Å². The Bertz CT molecular complexity index is 2360. The topological polar surface area (TPSA) is 130 Å². The van der Waals surface area contributed by atoms with Crippen LogP contribution in [0.3, 0.4) is 0 Å². The number of ether oxygens (including phenoxy) is 2. The van der Waals surface area contributed by atoms with Crippen LogP contribution in [0.1, 0.15) is 16.7 Å². The number of fused-ring (bicyclic) bond motifs is 1. The van der Waals surface area contributed by atoms with Crippen molar-refractivity contribution < 1.29 is 14.3 Å². The van der Waals surface area contributed by atoms with Crippen LogP contribution in [0.2, 0.25) is 19.6 Å². The van der Waals surface area contributed by atoms with Crippen molar-refractivity contribution in [3.05, 3.63) is 114 Å². The lowest BCUT2D eigenvalue weighted by atomic mass is 10.1. The zero-order valence-corrected chi connectivity index (χ0v) is 33.2. The number of urea groups is 1. The normalized spacial score (nSPS) is 13.3. The number of anilines is 4. The highest BCUT2D eigenvalue weighted by Gasteiger charge is 2.24. The summed E-state index contributed by atoms with van der Waals surface area (Å²) in [5.74, 6) is 4.65. The quantitative estimate of drug-likeness (QED) is 0.0546. The molecule has 0 saturated carbocycles. The summed E-state index contributed by atoms with van der Waals surface area (Å²) in [7, 11) is -1.77. The molecule has 7 rings (SSSR count). The second-order valence-electron chi connectivity index (χ2n) is 14.8. The van der Waals surface area contributed by atoms with Gasteiger partial charge in [0.2, 0.25) is 11.8 Å². The fourth-order valence-corrected chi connectivity index (χ4v) is 7.37. The van der Waals surface area contributed by atoms with Crippen LogP contribution in [-0.2, 0) is 11.3 Å². The molecule has 2 amide bonds. The summed E-state index contributed by atoms with van der Waals surface area (Å²) in [5, 5.41) is 20.4. The number of benzene rings is 4. The van der Waals surface area contributed by atoms with Crippen molar-refractivity contribution in [3.63, 3.8) is 0 Å². The molecule has 0 atom stereocenters. The average Bonchev–Trinajstić information content (AvgIpc) is 3.62. The molecule has 4 aromatic carbocycles. The summed E-state index contributed by atoms with van der Waals surface area (Å²) in [6.07, 6.45) is 7.45. The van der Waals surface area contributed by atoms with Gasteiger partial charge in [-0.15, -0.1) is 6.42 Å². The van der Waals surface area contributed by atoms with Gasteiger partial charge in [-0.1, -0.05) is 67.5 Å². The highest BCUT2D eigenvalue weighted by atomic mass is 28.3. The number of morpholine rings is 1. The summed E-state index contributed by atoms with van der Waals surface area (Å²) < 4.78 is 13.6. The van der Waals surface area contributed by atoms with Crippen LogP contribution < -0.4 is 31.3 Å². The fraction of sp³-hybridized carbons (Fsp3) is 0.256. The first kappa shape index (κ1) is 38.2. The molecule has 1 saturated heterocycles. The number of hydrogen-bond donors (Lipinski definition) is 4. The predicted octanol–water partition coefficient (Wildman–Crippen LogP) is 7.25. The first-order valence-corrected chi connectivity index (χ1v) is 22.3. The Morgan fingerprint density at radius 3 is 2.50 bits per heavy atom. The van der Waals surface area contributed by atoms with E-state index in [1.165, 1.54) is 0 Å². The van der Waals surface area contributed by atoms with Crippen molar-refractivity contribution >= 4 is 53.3 Å². The molecular formula is C43H47N9O3Si. The lowest BCUT2D eigenvalue weighted by Crippen LogP contribution is -2.40. The molecule has 56 heavy (non-hydrogen) atoms. The van der Waals surface area contributed by atoms with Crippen LogP contribution in [0, 0.1) is 19.3 Å². The van der Waals surface area contributed by atoms with E-state index in [9.17, 15) is 4.79 Å². The summed E-state index contributed by atoms with van der Waals surface area (Å²) in [4.78, 5) is 25.0. The van der Waals surface area contributed by atoms with Crippen molar-refractivity contribution in [2.24, 2.45) is 0 Å². The van der Waals surface area contributed by atoms with E-state index in [0.717, 1.165) is 83.5 Å². The number of carbonyl (C=O) groups excluding carboxylic acids is 1. The molecule has 286 valence electrons. The molecule has 12 nitrogen and oxygen atoms in total. The third-order valence-electron chi connectivity index (χ3n) is 9.43. The molecular weight excluding hydrogens is 719 g/mol. The Morgan fingerprint density at radius 2 is 1.73 bits per heavy atom. The molecule has 0 aliphatic carbocycles. The van der Waals surface area contributed by atoms with Crippen molar-refractivity contribution in [1.82, 2.24) is 30.0 Å². The van der Waals surface area contributed by atoms with Gasteiger partial charge in [-0.3, -0.25) is 10.2 Å². The van der Waals surface area contributed by atoms with Crippen LogP contribution in [0.25, 0.3) is 16.5 Å². The standard InChI is InChI=1S/C43H47N9O3Si/c1-6-31-25-32(29-44-19-20-51-21-23-54-24-22-51)27-33(26-31)46-42-45-18-17-40(49-42)55-38-16-15-37(35-9-7-8-10-36(35)38)47-43(53)48-39-28-41(56(3,4)5)50-52(39)34-13-11-30(2)12-14-34/h1,7-18,25-28,44H,19-24,29H2,2-5H3,(H,45,46,49)(H2,47,48,53). The Balaban J connectivity index is 1.04. The number of aryl methyl sites for hydroxylation is 1. The van der Waals surface area contributed by atoms with Crippen molar-refractivity contribution in [2.45, 2.75) is 33.1 Å². The Kier molecular flexibility index (Phi) is 11.7. The summed E-state index contributed by atoms with van der Waals surface area (Å²) in [5.41, 5.74) is 5.24. The van der Waals surface area contributed by atoms with Crippen LogP contribution in [0.5, 0.6) is 11.6 Å². The molecule has 0 spiro atoms. The van der Waals surface area contributed by atoms with E-state index >= 15 is 0 Å². The van der Waals surface area contributed by atoms with E-state index in [2.05, 4.69) is 61.7 Å². The Labute approximate surface area is 328 Å². The molecule has 4 N–H and O–H groups in total. The SMILES string of the molecule is C#Cc1cc(CNCCN2CCOCC2)cc(Nc2nccc(Oc3ccc(NC(=O)Nc4cc([Si](C)(C)C)nn4-c4ccc(C)cc4)c4ccccc34)n2)c1. The third kappa shape index (κ3) is 9.60. The average molecular weight is 766 g/mol. The van der Waals surface area contributed by atoms with Gasteiger partial charge in [-0.05, 0) is 61.0 Å². The minimum Gasteiger partial charge on any atom is -0.438 e. The molecule has 3 heterocycles. The fourth-order valence-electron chi connectivity index (χ4n) is 6.40. The monoisotopic (exact) mass is 765 g/mol. The molecule has 1 aliphatic rings. The number of nitrogens with one attached hydrogen (secondary N) is 4. The largest absolute Gasteiger partial charge is 0.438 e. The number of aromatic nitrogens is 4.